The summed E-state index contributed by atoms with van der Waals surface area (Å²) in [7, 11) is 0. The molecule has 164 valence electrons. The second-order valence-corrected chi connectivity index (χ2v) is 9.24. The molecule has 0 aliphatic heterocycles. The maximum absolute atomic E-state index is 13.1. The molecule has 0 aromatic carbocycles. The number of carboxylic acids is 1. The molecule has 0 unspecified atom stereocenters. The van der Waals surface area contributed by atoms with Gasteiger partial charge in [-0.25, -0.2) is 4.98 Å². The minimum Gasteiger partial charge on any atom is -0.480 e. The third-order valence-corrected chi connectivity index (χ3v) is 6.97. The second kappa shape index (κ2) is 9.05. The van der Waals surface area contributed by atoms with Gasteiger partial charge in [-0.15, -0.1) is 11.3 Å². The lowest BCUT2D eigenvalue weighted by molar-refractivity contribution is -0.138. The SMILES string of the molecule is Cc1nc2[nH]cc(CCc3ccc(C(=O)N(CC(=O)O)C4CCCCC4)s3)c2c(=O)[nH]1. The Morgan fingerprint density at radius 3 is 2.74 bits per heavy atom. The number of carbonyl (C=O) groups excluding carboxylic acids is 1. The molecule has 0 bridgehead atoms. The highest BCUT2D eigenvalue weighted by atomic mass is 32.1. The summed E-state index contributed by atoms with van der Waals surface area (Å²) < 4.78 is 0. The number of aryl methyl sites for hydroxylation is 3. The van der Waals surface area contributed by atoms with Crippen LogP contribution in [-0.2, 0) is 17.6 Å². The molecule has 1 aliphatic rings. The standard InChI is InChI=1S/C22H26N4O4S/c1-13-24-20-19(21(29)25-13)14(11-23-20)7-8-16-9-10-17(31-16)22(30)26(12-18(27)28)15-5-3-2-4-6-15/h9-11,15H,2-8,12H2,1H3,(H,27,28)(H2,23,24,25,29). The molecule has 3 aromatic rings. The quantitative estimate of drug-likeness (QED) is 0.519. The van der Waals surface area contributed by atoms with Crippen molar-refractivity contribution in [3.8, 4) is 0 Å². The summed E-state index contributed by atoms with van der Waals surface area (Å²) in [5, 5.41) is 9.88. The van der Waals surface area contributed by atoms with E-state index in [2.05, 4.69) is 15.0 Å². The van der Waals surface area contributed by atoms with E-state index in [1.165, 1.54) is 16.2 Å². The van der Waals surface area contributed by atoms with E-state index in [-0.39, 0.29) is 24.1 Å². The Balaban J connectivity index is 1.47. The van der Waals surface area contributed by atoms with Crippen LogP contribution in [0.4, 0.5) is 0 Å². The van der Waals surface area contributed by atoms with Crippen LogP contribution in [0.3, 0.4) is 0 Å². The summed E-state index contributed by atoms with van der Waals surface area (Å²) in [6.07, 6.45) is 8.05. The Bertz CT molecular complexity index is 1160. The summed E-state index contributed by atoms with van der Waals surface area (Å²) in [6, 6.07) is 3.70. The largest absolute Gasteiger partial charge is 0.480 e. The summed E-state index contributed by atoms with van der Waals surface area (Å²) in [5.41, 5.74) is 1.31. The van der Waals surface area contributed by atoms with Crippen molar-refractivity contribution in [1.82, 2.24) is 19.9 Å². The number of fused-ring (bicyclic) bond motifs is 1. The normalized spacial score (nSPS) is 14.7. The van der Waals surface area contributed by atoms with Crippen LogP contribution in [0.25, 0.3) is 11.0 Å². The van der Waals surface area contributed by atoms with Crippen molar-refractivity contribution in [1.29, 1.82) is 0 Å². The van der Waals surface area contributed by atoms with Crippen LogP contribution in [0.15, 0.2) is 23.1 Å². The highest BCUT2D eigenvalue weighted by Gasteiger charge is 2.28. The van der Waals surface area contributed by atoms with E-state index >= 15 is 0 Å². The second-order valence-electron chi connectivity index (χ2n) is 8.07. The highest BCUT2D eigenvalue weighted by Crippen LogP contribution is 2.27. The van der Waals surface area contributed by atoms with Crippen molar-refractivity contribution in [2.75, 3.05) is 6.54 Å². The Morgan fingerprint density at radius 2 is 2.00 bits per heavy atom. The molecule has 0 spiro atoms. The van der Waals surface area contributed by atoms with Crippen LogP contribution in [-0.4, -0.2) is 49.4 Å². The molecule has 3 N–H and O–H groups in total. The lowest BCUT2D eigenvalue weighted by Crippen LogP contribution is -2.44. The molecule has 0 radical (unpaired) electrons. The van der Waals surface area contributed by atoms with Crippen molar-refractivity contribution in [2.24, 2.45) is 0 Å². The summed E-state index contributed by atoms with van der Waals surface area (Å²) in [5.74, 6) is -0.617. The van der Waals surface area contributed by atoms with Gasteiger partial charge in [0.15, 0.2) is 0 Å². The number of hydrogen-bond acceptors (Lipinski definition) is 5. The number of aromatic amines is 2. The molecule has 0 saturated heterocycles. The van der Waals surface area contributed by atoms with Gasteiger partial charge in [0.05, 0.1) is 10.3 Å². The summed E-state index contributed by atoms with van der Waals surface area (Å²) >= 11 is 1.40. The van der Waals surface area contributed by atoms with Gasteiger partial charge in [-0.3, -0.25) is 14.4 Å². The van der Waals surface area contributed by atoms with Crippen molar-refractivity contribution in [3.63, 3.8) is 0 Å². The fraction of sp³-hybridized carbons (Fsp3) is 0.455. The van der Waals surface area contributed by atoms with E-state index < -0.39 is 5.97 Å². The van der Waals surface area contributed by atoms with E-state index in [1.807, 2.05) is 12.3 Å². The monoisotopic (exact) mass is 442 g/mol. The Labute approximate surface area is 183 Å². The number of amides is 1. The van der Waals surface area contributed by atoms with Gasteiger partial charge in [0.25, 0.3) is 11.5 Å². The Hall–Kier alpha value is -2.94. The molecule has 1 saturated carbocycles. The number of aromatic nitrogens is 3. The van der Waals surface area contributed by atoms with Gasteiger partial charge in [0.2, 0.25) is 0 Å². The molecule has 3 heterocycles. The van der Waals surface area contributed by atoms with Gasteiger partial charge in [-0.1, -0.05) is 19.3 Å². The average molecular weight is 443 g/mol. The number of thiophene rings is 1. The molecular formula is C22H26N4O4S. The van der Waals surface area contributed by atoms with Crippen molar-refractivity contribution in [2.45, 2.75) is 57.9 Å². The molecular weight excluding hydrogens is 416 g/mol. The zero-order valence-corrected chi connectivity index (χ0v) is 18.3. The molecule has 1 amide bonds. The molecule has 8 nitrogen and oxygen atoms in total. The first kappa shape index (κ1) is 21.3. The first-order valence-corrected chi connectivity index (χ1v) is 11.4. The van der Waals surface area contributed by atoms with Gasteiger partial charge in [0.1, 0.15) is 18.0 Å². The number of rotatable bonds is 7. The van der Waals surface area contributed by atoms with Crippen LogP contribution < -0.4 is 5.56 Å². The van der Waals surface area contributed by atoms with Crippen LogP contribution >= 0.6 is 11.3 Å². The fourth-order valence-electron chi connectivity index (χ4n) is 4.34. The number of H-pyrrole nitrogens is 2. The topological polar surface area (TPSA) is 119 Å². The van der Waals surface area contributed by atoms with Gasteiger partial charge in [-0.2, -0.15) is 0 Å². The van der Waals surface area contributed by atoms with Gasteiger partial charge in [0, 0.05) is 17.1 Å². The first-order valence-electron chi connectivity index (χ1n) is 10.6. The molecule has 0 atom stereocenters. The summed E-state index contributed by atoms with van der Waals surface area (Å²) in [6.45, 7) is 1.48. The number of nitrogens with zero attached hydrogens (tertiary/aromatic N) is 2. The third kappa shape index (κ3) is 4.71. The zero-order valence-electron chi connectivity index (χ0n) is 17.4. The maximum Gasteiger partial charge on any atom is 0.323 e. The van der Waals surface area contributed by atoms with Crippen molar-refractivity contribution < 1.29 is 14.7 Å². The number of nitrogens with one attached hydrogen (secondary N) is 2. The van der Waals surface area contributed by atoms with Gasteiger partial charge in [-0.05, 0) is 50.3 Å². The average Bonchev–Trinajstić information content (AvgIpc) is 3.37. The third-order valence-electron chi connectivity index (χ3n) is 5.84. The lowest BCUT2D eigenvalue weighted by atomic mass is 9.94. The highest BCUT2D eigenvalue weighted by molar-refractivity contribution is 7.14. The van der Waals surface area contributed by atoms with Crippen LogP contribution in [0.1, 0.15) is 58.0 Å². The predicted molar refractivity (Wildman–Crippen MR) is 119 cm³/mol. The van der Waals surface area contributed by atoms with Gasteiger partial charge >= 0.3 is 5.97 Å². The lowest BCUT2D eigenvalue weighted by Gasteiger charge is -2.33. The molecule has 3 aromatic heterocycles. The van der Waals surface area contributed by atoms with E-state index in [0.29, 0.717) is 34.6 Å². The molecule has 31 heavy (non-hydrogen) atoms. The van der Waals surface area contributed by atoms with Crippen molar-refractivity contribution >= 4 is 34.2 Å². The van der Waals surface area contributed by atoms with Crippen LogP contribution in [0.2, 0.25) is 0 Å². The van der Waals surface area contributed by atoms with Crippen molar-refractivity contribution in [3.05, 3.63) is 49.8 Å². The number of carbonyl (C=O) groups is 2. The van der Waals surface area contributed by atoms with E-state index in [9.17, 15) is 19.5 Å². The zero-order chi connectivity index (χ0) is 22.0. The summed E-state index contributed by atoms with van der Waals surface area (Å²) in [4.78, 5) is 50.0. The molecule has 9 heteroatoms. The minimum atomic E-state index is -0.982. The van der Waals surface area contributed by atoms with Crippen LogP contribution in [0, 0.1) is 6.92 Å². The minimum absolute atomic E-state index is 0.00296. The fourth-order valence-corrected chi connectivity index (χ4v) is 5.31. The van der Waals surface area contributed by atoms with E-state index in [4.69, 9.17) is 0 Å². The number of aliphatic carboxylic acids is 1. The number of hydrogen-bond donors (Lipinski definition) is 3. The molecule has 4 rings (SSSR count). The Kier molecular flexibility index (Phi) is 6.22. The van der Waals surface area contributed by atoms with E-state index in [1.54, 1.807) is 13.0 Å². The molecule has 1 fully saturated rings. The van der Waals surface area contributed by atoms with Gasteiger partial charge < -0.3 is 20.0 Å². The first-order chi connectivity index (χ1) is 14.9. The maximum atomic E-state index is 13.1. The predicted octanol–water partition coefficient (Wildman–Crippen LogP) is 3.27. The smallest absolute Gasteiger partial charge is 0.323 e. The van der Waals surface area contributed by atoms with Crippen LogP contribution in [0.5, 0.6) is 0 Å². The Morgan fingerprint density at radius 1 is 1.23 bits per heavy atom. The van der Waals surface area contributed by atoms with E-state index in [0.717, 1.165) is 42.5 Å². The number of carboxylic acid groups (broad SMARTS) is 1. The molecule has 1 aliphatic carbocycles.